The molecule has 0 aliphatic heterocycles. The second-order valence-corrected chi connectivity index (χ2v) is 3.92. The van der Waals surface area contributed by atoms with Gasteiger partial charge >= 0.3 is 6.03 Å². The zero-order valence-corrected chi connectivity index (χ0v) is 11.0. The number of urea groups is 1. The van der Waals surface area contributed by atoms with Crippen molar-refractivity contribution < 1.29 is 14.4 Å². The smallest absolute Gasteiger partial charge is 0.343 e. The van der Waals surface area contributed by atoms with Crippen molar-refractivity contribution in [3.05, 3.63) is 54.2 Å². The summed E-state index contributed by atoms with van der Waals surface area (Å²) in [7, 11) is 1.53. The van der Waals surface area contributed by atoms with Crippen LogP contribution in [0, 0.1) is 0 Å². The number of benzene rings is 1. The van der Waals surface area contributed by atoms with E-state index in [9.17, 15) is 4.79 Å². The van der Waals surface area contributed by atoms with E-state index in [2.05, 4.69) is 15.8 Å². The lowest BCUT2D eigenvalue weighted by Crippen LogP contribution is -2.28. The lowest BCUT2D eigenvalue weighted by molar-refractivity contribution is 0.0536. The average molecular weight is 273 g/mol. The highest BCUT2D eigenvalue weighted by atomic mass is 16.7. The van der Waals surface area contributed by atoms with Gasteiger partial charge in [0.25, 0.3) is 0 Å². The molecule has 1 aromatic carbocycles. The minimum atomic E-state index is -0.465. The van der Waals surface area contributed by atoms with Gasteiger partial charge in [-0.2, -0.15) is 0 Å². The summed E-state index contributed by atoms with van der Waals surface area (Å²) in [5, 5.41) is 2.59. The van der Waals surface area contributed by atoms with Crippen LogP contribution in [0.2, 0.25) is 0 Å². The Labute approximate surface area is 116 Å². The molecule has 0 unspecified atom stereocenters. The van der Waals surface area contributed by atoms with Crippen molar-refractivity contribution in [1.82, 2.24) is 10.5 Å². The maximum Gasteiger partial charge on any atom is 0.343 e. The molecule has 0 saturated heterocycles. The number of carbonyl (C=O) groups is 1. The van der Waals surface area contributed by atoms with Gasteiger partial charge in [-0.15, -0.1) is 0 Å². The van der Waals surface area contributed by atoms with Crippen LogP contribution in [0.15, 0.2) is 48.7 Å². The van der Waals surface area contributed by atoms with E-state index < -0.39 is 6.03 Å². The predicted octanol–water partition coefficient (Wildman–Crippen LogP) is 2.34. The van der Waals surface area contributed by atoms with Crippen molar-refractivity contribution in [2.45, 2.75) is 6.61 Å². The first kappa shape index (κ1) is 13.8. The van der Waals surface area contributed by atoms with E-state index in [1.165, 1.54) is 13.3 Å². The number of rotatable bonds is 5. The van der Waals surface area contributed by atoms with Crippen molar-refractivity contribution >= 4 is 11.7 Å². The largest absolute Gasteiger partial charge is 0.481 e. The van der Waals surface area contributed by atoms with Crippen LogP contribution in [0.3, 0.4) is 0 Å². The number of amides is 2. The van der Waals surface area contributed by atoms with E-state index in [1.807, 2.05) is 30.3 Å². The summed E-state index contributed by atoms with van der Waals surface area (Å²) in [6.07, 6.45) is 1.50. The van der Waals surface area contributed by atoms with Crippen LogP contribution in [0.4, 0.5) is 10.5 Å². The molecule has 0 saturated carbocycles. The number of nitrogens with zero attached hydrogens (tertiary/aromatic N) is 1. The van der Waals surface area contributed by atoms with E-state index >= 15 is 0 Å². The maximum atomic E-state index is 11.6. The second kappa shape index (κ2) is 7.10. The van der Waals surface area contributed by atoms with Crippen LogP contribution < -0.4 is 15.5 Å². The maximum absolute atomic E-state index is 11.6. The number of ether oxygens (including phenoxy) is 1. The Balaban J connectivity index is 1.74. The van der Waals surface area contributed by atoms with E-state index in [-0.39, 0.29) is 0 Å². The van der Waals surface area contributed by atoms with Gasteiger partial charge in [-0.25, -0.2) is 15.3 Å². The predicted molar refractivity (Wildman–Crippen MR) is 74.2 cm³/mol. The Morgan fingerprint density at radius 3 is 2.65 bits per heavy atom. The Morgan fingerprint density at radius 1 is 1.20 bits per heavy atom. The number of pyridine rings is 1. The molecule has 1 heterocycles. The molecule has 6 heteroatoms. The van der Waals surface area contributed by atoms with Gasteiger partial charge in [-0.1, -0.05) is 30.3 Å². The molecule has 2 N–H and O–H groups in total. The third-order valence-corrected chi connectivity index (χ3v) is 2.45. The summed E-state index contributed by atoms with van der Waals surface area (Å²) < 4.78 is 4.92. The average Bonchev–Trinajstić information content (AvgIpc) is 2.49. The van der Waals surface area contributed by atoms with Gasteiger partial charge in [0.05, 0.1) is 25.6 Å². The van der Waals surface area contributed by atoms with Gasteiger partial charge in [0, 0.05) is 6.07 Å². The van der Waals surface area contributed by atoms with Crippen LogP contribution in [0.1, 0.15) is 5.56 Å². The van der Waals surface area contributed by atoms with E-state index in [4.69, 9.17) is 9.57 Å². The molecule has 0 fully saturated rings. The molecule has 0 aliphatic carbocycles. The number of hydroxylamine groups is 1. The van der Waals surface area contributed by atoms with E-state index in [1.54, 1.807) is 12.1 Å². The van der Waals surface area contributed by atoms with Crippen molar-refractivity contribution in [2.24, 2.45) is 0 Å². The van der Waals surface area contributed by atoms with Crippen LogP contribution in [-0.2, 0) is 11.4 Å². The van der Waals surface area contributed by atoms with Gasteiger partial charge in [-0.3, -0.25) is 4.84 Å². The Kier molecular flexibility index (Phi) is 4.91. The van der Waals surface area contributed by atoms with Gasteiger partial charge in [0.1, 0.15) is 0 Å². The fourth-order valence-corrected chi connectivity index (χ4v) is 1.49. The van der Waals surface area contributed by atoms with Crippen molar-refractivity contribution in [1.29, 1.82) is 0 Å². The molecule has 0 aliphatic rings. The van der Waals surface area contributed by atoms with Crippen molar-refractivity contribution in [3.8, 4) is 5.88 Å². The molecule has 0 atom stereocenters. The highest BCUT2D eigenvalue weighted by Gasteiger charge is 2.02. The van der Waals surface area contributed by atoms with Crippen LogP contribution >= 0.6 is 0 Å². The third kappa shape index (κ3) is 4.25. The first-order chi connectivity index (χ1) is 9.78. The summed E-state index contributed by atoms with van der Waals surface area (Å²) in [6, 6.07) is 12.4. The van der Waals surface area contributed by atoms with Crippen LogP contribution in [0.25, 0.3) is 0 Å². The summed E-state index contributed by atoms with van der Waals surface area (Å²) >= 11 is 0. The minimum Gasteiger partial charge on any atom is -0.481 e. The molecular formula is C14H15N3O3. The number of carbonyl (C=O) groups excluding carboxylic acids is 1. The molecule has 2 aromatic rings. The Morgan fingerprint density at radius 2 is 2.00 bits per heavy atom. The van der Waals surface area contributed by atoms with Crippen molar-refractivity contribution in [2.75, 3.05) is 12.4 Å². The van der Waals surface area contributed by atoms with Gasteiger partial charge < -0.3 is 10.1 Å². The third-order valence-electron chi connectivity index (χ3n) is 2.45. The fourth-order valence-electron chi connectivity index (χ4n) is 1.49. The molecule has 2 rings (SSSR count). The molecule has 0 radical (unpaired) electrons. The molecule has 0 spiro atoms. The molecule has 6 nitrogen and oxygen atoms in total. The Hall–Kier alpha value is -2.60. The number of anilines is 1. The number of methoxy groups -OCH3 is 1. The highest BCUT2D eigenvalue weighted by Crippen LogP contribution is 2.10. The number of nitrogens with one attached hydrogen (secondary N) is 2. The van der Waals surface area contributed by atoms with Crippen LogP contribution in [-0.4, -0.2) is 18.1 Å². The lowest BCUT2D eigenvalue weighted by Gasteiger charge is -2.08. The quantitative estimate of drug-likeness (QED) is 0.820. The number of hydrogen-bond acceptors (Lipinski definition) is 4. The monoisotopic (exact) mass is 273 g/mol. The minimum absolute atomic E-state index is 0.301. The fraction of sp³-hybridized carbons (Fsp3) is 0.143. The summed E-state index contributed by atoms with van der Waals surface area (Å²) in [5.74, 6) is 0.483. The topological polar surface area (TPSA) is 72.5 Å². The summed E-state index contributed by atoms with van der Waals surface area (Å²) in [6.45, 7) is 0.301. The van der Waals surface area contributed by atoms with Gasteiger partial charge in [0.15, 0.2) is 0 Å². The zero-order chi connectivity index (χ0) is 14.2. The molecule has 20 heavy (non-hydrogen) atoms. The summed E-state index contributed by atoms with van der Waals surface area (Å²) in [5.41, 5.74) is 3.82. The SMILES string of the molecule is COc1ccc(NC(=O)NOCc2ccccc2)cn1. The molecular weight excluding hydrogens is 258 g/mol. The summed E-state index contributed by atoms with van der Waals surface area (Å²) in [4.78, 5) is 20.6. The second-order valence-electron chi connectivity index (χ2n) is 3.92. The number of aromatic nitrogens is 1. The van der Waals surface area contributed by atoms with E-state index in [0.717, 1.165) is 5.56 Å². The highest BCUT2D eigenvalue weighted by molar-refractivity contribution is 5.88. The normalized spacial score (nSPS) is 9.85. The van der Waals surface area contributed by atoms with Gasteiger partial charge in [-0.05, 0) is 11.6 Å². The van der Waals surface area contributed by atoms with Crippen molar-refractivity contribution in [3.63, 3.8) is 0 Å². The van der Waals surface area contributed by atoms with Gasteiger partial charge in [0.2, 0.25) is 5.88 Å². The zero-order valence-electron chi connectivity index (χ0n) is 11.0. The molecule has 2 amide bonds. The lowest BCUT2D eigenvalue weighted by atomic mass is 10.2. The first-order valence-electron chi connectivity index (χ1n) is 6.00. The molecule has 1 aromatic heterocycles. The molecule has 0 bridgehead atoms. The Bertz CT molecular complexity index is 543. The standard InChI is InChI=1S/C14H15N3O3/c1-19-13-8-7-12(9-15-13)16-14(18)17-20-10-11-5-3-2-4-6-11/h2-9H,10H2,1H3,(H2,16,17,18). The van der Waals surface area contributed by atoms with Crippen LogP contribution in [0.5, 0.6) is 5.88 Å². The van der Waals surface area contributed by atoms with E-state index in [0.29, 0.717) is 18.2 Å². The first-order valence-corrected chi connectivity index (χ1v) is 6.00. The number of hydrogen-bond donors (Lipinski definition) is 2. The molecule has 104 valence electrons.